The van der Waals surface area contributed by atoms with E-state index < -0.39 is 10.0 Å². The average Bonchev–Trinajstić information content (AvgIpc) is 2.00. The van der Waals surface area contributed by atoms with Gasteiger partial charge < -0.3 is 0 Å². The maximum atomic E-state index is 10.8. The van der Waals surface area contributed by atoms with E-state index in [2.05, 4.69) is 9.71 Å². The monoisotopic (exact) mass is 200 g/mol. The summed E-state index contributed by atoms with van der Waals surface area (Å²) in [5.41, 5.74) is 1.80. The van der Waals surface area contributed by atoms with Gasteiger partial charge in [0.2, 0.25) is 10.0 Å². The minimum atomic E-state index is -3.13. The molecule has 0 bridgehead atoms. The van der Waals surface area contributed by atoms with Crippen LogP contribution in [0, 0.1) is 6.92 Å². The number of sulfonamides is 1. The van der Waals surface area contributed by atoms with Crippen molar-refractivity contribution in [3.05, 3.63) is 29.6 Å². The van der Waals surface area contributed by atoms with Gasteiger partial charge in [-0.3, -0.25) is 4.98 Å². The van der Waals surface area contributed by atoms with Crippen LogP contribution in [0.15, 0.2) is 18.3 Å². The highest BCUT2D eigenvalue weighted by Gasteiger charge is 2.01. The normalized spacial score (nSPS) is 11.5. The summed E-state index contributed by atoms with van der Waals surface area (Å²) in [6.07, 6.45) is 2.79. The first kappa shape index (κ1) is 10.1. The topological polar surface area (TPSA) is 59.1 Å². The highest BCUT2D eigenvalue weighted by molar-refractivity contribution is 7.88. The second-order valence-electron chi connectivity index (χ2n) is 2.92. The second kappa shape index (κ2) is 3.85. The van der Waals surface area contributed by atoms with Gasteiger partial charge >= 0.3 is 0 Å². The average molecular weight is 200 g/mol. The van der Waals surface area contributed by atoms with Gasteiger partial charge in [0.25, 0.3) is 0 Å². The molecule has 1 N–H and O–H groups in total. The minimum absolute atomic E-state index is 0.251. The van der Waals surface area contributed by atoms with Crippen molar-refractivity contribution in [3.63, 3.8) is 0 Å². The van der Waals surface area contributed by atoms with Crippen molar-refractivity contribution in [1.29, 1.82) is 0 Å². The third-order valence-corrected chi connectivity index (χ3v) is 2.16. The number of hydrogen-bond donors (Lipinski definition) is 1. The molecular weight excluding hydrogens is 188 g/mol. The van der Waals surface area contributed by atoms with Crippen LogP contribution < -0.4 is 4.72 Å². The summed E-state index contributed by atoms with van der Waals surface area (Å²) in [7, 11) is -3.13. The number of nitrogens with one attached hydrogen (secondary N) is 1. The number of nitrogens with zero attached hydrogens (tertiary/aromatic N) is 1. The summed E-state index contributed by atoms with van der Waals surface area (Å²) in [5.74, 6) is 0. The molecule has 0 unspecified atom stereocenters. The molecule has 72 valence electrons. The first-order valence-corrected chi connectivity index (χ1v) is 5.73. The molecule has 0 aromatic carbocycles. The Hall–Kier alpha value is -0.940. The van der Waals surface area contributed by atoms with Crippen LogP contribution >= 0.6 is 0 Å². The van der Waals surface area contributed by atoms with Crippen molar-refractivity contribution in [1.82, 2.24) is 9.71 Å². The first-order chi connectivity index (χ1) is 5.97. The summed E-state index contributed by atoms with van der Waals surface area (Å²) in [6.45, 7) is 2.19. The van der Waals surface area contributed by atoms with Crippen LogP contribution in [0.25, 0.3) is 0 Å². The Bertz CT molecular complexity index is 387. The SMILES string of the molecule is Cc1ccnc(CNS(C)(=O)=O)c1. The molecule has 0 aliphatic rings. The van der Waals surface area contributed by atoms with E-state index in [1.54, 1.807) is 6.20 Å². The zero-order valence-electron chi connectivity index (χ0n) is 7.61. The zero-order chi connectivity index (χ0) is 9.90. The van der Waals surface area contributed by atoms with E-state index in [-0.39, 0.29) is 6.54 Å². The molecule has 4 nitrogen and oxygen atoms in total. The molecule has 1 rings (SSSR count). The lowest BCUT2D eigenvalue weighted by Gasteiger charge is -2.01. The van der Waals surface area contributed by atoms with Crippen molar-refractivity contribution in [2.24, 2.45) is 0 Å². The van der Waals surface area contributed by atoms with Gasteiger partial charge in [0.15, 0.2) is 0 Å². The van der Waals surface area contributed by atoms with E-state index in [4.69, 9.17) is 0 Å². The Morgan fingerprint density at radius 1 is 1.54 bits per heavy atom. The van der Waals surface area contributed by atoms with Crippen molar-refractivity contribution in [2.75, 3.05) is 6.26 Å². The smallest absolute Gasteiger partial charge is 0.209 e. The summed E-state index contributed by atoms with van der Waals surface area (Å²) in [4.78, 5) is 4.02. The molecule has 13 heavy (non-hydrogen) atoms. The second-order valence-corrected chi connectivity index (χ2v) is 4.75. The standard InChI is InChI=1S/C8H12N2O2S/c1-7-3-4-9-8(5-7)6-10-13(2,11)12/h3-5,10H,6H2,1-2H3. The van der Waals surface area contributed by atoms with Crippen molar-refractivity contribution >= 4 is 10.0 Å². The number of rotatable bonds is 3. The molecule has 0 amide bonds. The van der Waals surface area contributed by atoms with Crippen molar-refractivity contribution < 1.29 is 8.42 Å². The van der Waals surface area contributed by atoms with Gasteiger partial charge in [0, 0.05) is 6.20 Å². The minimum Gasteiger partial charge on any atom is -0.260 e. The van der Waals surface area contributed by atoms with Crippen molar-refractivity contribution in [3.8, 4) is 0 Å². The molecular formula is C8H12N2O2S. The molecule has 0 spiro atoms. The highest BCUT2D eigenvalue weighted by atomic mass is 32.2. The van der Waals surface area contributed by atoms with E-state index in [0.717, 1.165) is 17.5 Å². The molecule has 0 atom stereocenters. The fourth-order valence-electron chi connectivity index (χ4n) is 0.900. The predicted octanol–water partition coefficient (Wildman–Crippen LogP) is 0.439. The number of aryl methyl sites for hydroxylation is 1. The third kappa shape index (κ3) is 4.00. The van der Waals surface area contributed by atoms with Crippen LogP contribution in [0.4, 0.5) is 0 Å². The van der Waals surface area contributed by atoms with Crippen LogP contribution in [-0.4, -0.2) is 19.7 Å². The summed E-state index contributed by atoms with van der Waals surface area (Å²) in [5, 5.41) is 0. The third-order valence-electron chi connectivity index (χ3n) is 1.49. The maximum absolute atomic E-state index is 10.8. The van der Waals surface area contributed by atoms with Gasteiger partial charge in [0.1, 0.15) is 0 Å². The van der Waals surface area contributed by atoms with Crippen molar-refractivity contribution in [2.45, 2.75) is 13.5 Å². The number of aromatic nitrogens is 1. The van der Waals surface area contributed by atoms with E-state index in [1.165, 1.54) is 0 Å². The lowest BCUT2D eigenvalue weighted by atomic mass is 10.2. The van der Waals surface area contributed by atoms with Crippen LogP contribution in [0.3, 0.4) is 0 Å². The van der Waals surface area contributed by atoms with Crippen LogP contribution in [0.5, 0.6) is 0 Å². The Kier molecular flexibility index (Phi) is 3.00. The Morgan fingerprint density at radius 2 is 2.23 bits per heavy atom. The Balaban J connectivity index is 2.65. The van der Waals surface area contributed by atoms with Crippen LogP contribution in [-0.2, 0) is 16.6 Å². The lowest BCUT2D eigenvalue weighted by molar-refractivity contribution is 0.586. The van der Waals surface area contributed by atoms with E-state index in [1.807, 2.05) is 19.1 Å². The molecule has 1 aromatic heterocycles. The molecule has 0 fully saturated rings. The summed E-state index contributed by atoms with van der Waals surface area (Å²) < 4.78 is 23.9. The largest absolute Gasteiger partial charge is 0.260 e. The Morgan fingerprint density at radius 3 is 2.77 bits per heavy atom. The quantitative estimate of drug-likeness (QED) is 0.770. The summed E-state index contributed by atoms with van der Waals surface area (Å²) in [6, 6.07) is 3.71. The van der Waals surface area contributed by atoms with E-state index >= 15 is 0 Å². The van der Waals surface area contributed by atoms with E-state index in [0.29, 0.717) is 0 Å². The zero-order valence-corrected chi connectivity index (χ0v) is 8.43. The van der Waals surface area contributed by atoms with Gasteiger partial charge in [-0.15, -0.1) is 0 Å². The van der Waals surface area contributed by atoms with Crippen LogP contribution in [0.2, 0.25) is 0 Å². The van der Waals surface area contributed by atoms with Gasteiger partial charge in [-0.05, 0) is 24.6 Å². The summed E-state index contributed by atoms with van der Waals surface area (Å²) >= 11 is 0. The Labute approximate surface area is 78.1 Å². The molecule has 5 heteroatoms. The van der Waals surface area contributed by atoms with Crippen LogP contribution in [0.1, 0.15) is 11.3 Å². The molecule has 0 radical (unpaired) electrons. The molecule has 0 aliphatic carbocycles. The van der Waals surface area contributed by atoms with Gasteiger partial charge in [-0.2, -0.15) is 0 Å². The predicted molar refractivity (Wildman–Crippen MR) is 50.7 cm³/mol. The fraction of sp³-hybridized carbons (Fsp3) is 0.375. The van der Waals surface area contributed by atoms with E-state index in [9.17, 15) is 8.42 Å². The molecule has 0 saturated carbocycles. The maximum Gasteiger partial charge on any atom is 0.209 e. The van der Waals surface area contributed by atoms with Gasteiger partial charge in [-0.25, -0.2) is 13.1 Å². The molecule has 0 saturated heterocycles. The first-order valence-electron chi connectivity index (χ1n) is 3.83. The number of hydrogen-bond acceptors (Lipinski definition) is 3. The molecule has 0 aliphatic heterocycles. The van der Waals surface area contributed by atoms with Gasteiger partial charge in [-0.1, -0.05) is 0 Å². The molecule has 1 heterocycles. The lowest BCUT2D eigenvalue weighted by Crippen LogP contribution is -2.21. The molecule has 1 aromatic rings. The number of pyridine rings is 1. The highest BCUT2D eigenvalue weighted by Crippen LogP contribution is 1.99. The fourth-order valence-corrected chi connectivity index (χ4v) is 1.31. The van der Waals surface area contributed by atoms with Gasteiger partial charge in [0.05, 0.1) is 18.5 Å².